The molecule has 3 aromatic heterocycles. The van der Waals surface area contributed by atoms with Gasteiger partial charge in [-0.2, -0.15) is 9.78 Å². The molecule has 5 rings (SSSR count). The first kappa shape index (κ1) is 20.3. The van der Waals surface area contributed by atoms with Gasteiger partial charge in [-0.25, -0.2) is 18.4 Å². The lowest BCUT2D eigenvalue weighted by molar-refractivity contribution is 0.597. The number of benzene rings is 2. The minimum Gasteiger partial charge on any atom is -0.382 e. The van der Waals surface area contributed by atoms with E-state index < -0.39 is 9.84 Å². The standard InChI is InChI=1S/C23H19N5O2S2/c1-14-9-10-17(12-15(14)2)32(29,30)21-20-23(27-19-8-4-3-7-18(19)26-20)28(22(21)24)25-13-16-6-5-11-31-16/h3-13H,24H2,1-2H3/b25-13-. The highest BCUT2D eigenvalue weighted by Gasteiger charge is 2.30. The van der Waals surface area contributed by atoms with Crippen LogP contribution in [0.3, 0.4) is 0 Å². The zero-order valence-electron chi connectivity index (χ0n) is 17.4. The van der Waals surface area contributed by atoms with Crippen LogP contribution < -0.4 is 5.73 Å². The molecular formula is C23H19N5O2S2. The van der Waals surface area contributed by atoms with E-state index in [-0.39, 0.29) is 26.8 Å². The van der Waals surface area contributed by atoms with Crippen LogP contribution in [-0.4, -0.2) is 29.3 Å². The number of aromatic nitrogens is 3. The Morgan fingerprint density at radius 1 is 1.00 bits per heavy atom. The third kappa shape index (κ3) is 3.26. The second-order valence-electron chi connectivity index (χ2n) is 7.42. The molecule has 0 fully saturated rings. The predicted octanol–water partition coefficient (Wildman–Crippen LogP) is 4.56. The Kier molecular flexibility index (Phi) is 4.79. The number of para-hydroxylation sites is 2. The molecule has 2 aromatic carbocycles. The summed E-state index contributed by atoms with van der Waals surface area (Å²) >= 11 is 1.51. The number of sulfone groups is 1. The van der Waals surface area contributed by atoms with Crippen molar-refractivity contribution in [2.45, 2.75) is 23.6 Å². The second kappa shape index (κ2) is 7.54. The molecule has 160 valence electrons. The lowest BCUT2D eigenvalue weighted by Crippen LogP contribution is -2.07. The Morgan fingerprint density at radius 2 is 1.75 bits per heavy atom. The number of anilines is 1. The molecule has 32 heavy (non-hydrogen) atoms. The van der Waals surface area contributed by atoms with E-state index in [1.54, 1.807) is 30.5 Å². The van der Waals surface area contributed by atoms with Crippen molar-refractivity contribution < 1.29 is 8.42 Å². The molecule has 0 aliphatic rings. The number of aryl methyl sites for hydroxylation is 2. The minimum atomic E-state index is -3.98. The third-order valence-corrected chi connectivity index (χ3v) is 7.95. The summed E-state index contributed by atoms with van der Waals surface area (Å²) in [6.45, 7) is 3.81. The van der Waals surface area contributed by atoms with E-state index in [1.165, 1.54) is 16.0 Å². The first-order valence-electron chi connectivity index (χ1n) is 9.83. The molecule has 7 nitrogen and oxygen atoms in total. The molecule has 0 bridgehead atoms. The van der Waals surface area contributed by atoms with Crippen LogP contribution >= 0.6 is 11.3 Å². The van der Waals surface area contributed by atoms with Crippen molar-refractivity contribution in [3.05, 3.63) is 76.0 Å². The van der Waals surface area contributed by atoms with Crippen LogP contribution in [0, 0.1) is 13.8 Å². The summed E-state index contributed by atoms with van der Waals surface area (Å²) in [7, 11) is -3.98. The number of fused-ring (bicyclic) bond motifs is 2. The second-order valence-corrected chi connectivity index (χ2v) is 10.3. The van der Waals surface area contributed by atoms with Gasteiger partial charge in [-0.05, 0) is 60.7 Å². The maximum absolute atomic E-state index is 13.7. The number of thiophene rings is 1. The molecular weight excluding hydrogens is 442 g/mol. The number of rotatable bonds is 4. The van der Waals surface area contributed by atoms with Crippen molar-refractivity contribution in [1.29, 1.82) is 0 Å². The topological polar surface area (TPSA) is 103 Å². The molecule has 0 radical (unpaired) electrons. The summed E-state index contributed by atoms with van der Waals surface area (Å²) in [6, 6.07) is 16.1. The Labute approximate surface area is 188 Å². The molecule has 0 saturated carbocycles. The normalized spacial score (nSPS) is 12.3. The highest BCUT2D eigenvalue weighted by Crippen LogP contribution is 2.35. The van der Waals surface area contributed by atoms with Crippen LogP contribution in [0.15, 0.2) is 74.9 Å². The van der Waals surface area contributed by atoms with E-state index in [0.717, 1.165) is 16.0 Å². The van der Waals surface area contributed by atoms with E-state index in [9.17, 15) is 8.42 Å². The summed E-state index contributed by atoms with van der Waals surface area (Å²) < 4.78 is 28.8. The van der Waals surface area contributed by atoms with Gasteiger partial charge in [0, 0.05) is 4.88 Å². The summed E-state index contributed by atoms with van der Waals surface area (Å²) in [5.41, 5.74) is 9.97. The molecule has 3 heterocycles. The molecule has 0 unspecified atom stereocenters. The quantitative estimate of drug-likeness (QED) is 0.395. The first-order valence-corrected chi connectivity index (χ1v) is 12.2. The zero-order chi connectivity index (χ0) is 22.5. The van der Waals surface area contributed by atoms with Crippen molar-refractivity contribution in [3.63, 3.8) is 0 Å². The van der Waals surface area contributed by atoms with Gasteiger partial charge in [0.1, 0.15) is 16.2 Å². The van der Waals surface area contributed by atoms with Crippen molar-refractivity contribution in [2.75, 3.05) is 5.73 Å². The molecule has 2 N–H and O–H groups in total. The van der Waals surface area contributed by atoms with Crippen LogP contribution in [0.4, 0.5) is 5.82 Å². The zero-order valence-corrected chi connectivity index (χ0v) is 19.0. The SMILES string of the molecule is Cc1ccc(S(=O)(=O)c2c(N)n(/N=C\c3cccs3)c3nc4ccccc4nc23)cc1C. The molecule has 0 aliphatic carbocycles. The predicted molar refractivity (Wildman–Crippen MR) is 128 cm³/mol. The average Bonchev–Trinajstić information content (AvgIpc) is 3.38. The number of hydrogen-bond acceptors (Lipinski definition) is 7. The average molecular weight is 462 g/mol. The summed E-state index contributed by atoms with van der Waals surface area (Å²) in [6.07, 6.45) is 1.63. The van der Waals surface area contributed by atoms with Crippen LogP contribution in [0.1, 0.15) is 16.0 Å². The van der Waals surface area contributed by atoms with Crippen LogP contribution in [-0.2, 0) is 9.84 Å². The number of nitrogens with two attached hydrogens (primary N) is 1. The van der Waals surface area contributed by atoms with Gasteiger partial charge in [0.25, 0.3) is 0 Å². The summed E-state index contributed by atoms with van der Waals surface area (Å²) in [4.78, 5) is 10.2. The van der Waals surface area contributed by atoms with E-state index >= 15 is 0 Å². The van der Waals surface area contributed by atoms with Gasteiger partial charge >= 0.3 is 0 Å². The first-order chi connectivity index (χ1) is 15.4. The van der Waals surface area contributed by atoms with Crippen LogP contribution in [0.25, 0.3) is 22.2 Å². The smallest absolute Gasteiger partial charge is 0.212 e. The van der Waals surface area contributed by atoms with Gasteiger partial charge in [0.15, 0.2) is 5.65 Å². The lowest BCUT2D eigenvalue weighted by atomic mass is 10.1. The van der Waals surface area contributed by atoms with Gasteiger partial charge < -0.3 is 5.73 Å². The van der Waals surface area contributed by atoms with Crippen LogP contribution in [0.5, 0.6) is 0 Å². The fraction of sp³-hybridized carbons (Fsp3) is 0.0870. The largest absolute Gasteiger partial charge is 0.382 e. The van der Waals surface area contributed by atoms with Crippen molar-refractivity contribution in [1.82, 2.24) is 14.6 Å². The van der Waals surface area contributed by atoms with Crippen molar-refractivity contribution >= 4 is 55.4 Å². The Hall–Kier alpha value is -3.56. The van der Waals surface area contributed by atoms with Gasteiger partial charge in [-0.3, -0.25) is 0 Å². The fourth-order valence-corrected chi connectivity index (χ4v) is 5.63. The number of nitrogen functional groups attached to an aromatic ring is 1. The van der Waals surface area contributed by atoms with Gasteiger partial charge in [-0.1, -0.05) is 24.3 Å². The van der Waals surface area contributed by atoms with E-state index in [2.05, 4.69) is 15.1 Å². The monoisotopic (exact) mass is 461 g/mol. The molecule has 9 heteroatoms. The molecule has 0 atom stereocenters. The van der Waals surface area contributed by atoms with Crippen molar-refractivity contribution in [2.24, 2.45) is 5.10 Å². The third-order valence-electron chi connectivity index (χ3n) is 5.33. The number of nitrogens with zero attached hydrogens (tertiary/aromatic N) is 4. The lowest BCUT2D eigenvalue weighted by Gasteiger charge is -2.07. The summed E-state index contributed by atoms with van der Waals surface area (Å²) in [5, 5.41) is 6.38. The molecule has 0 spiro atoms. The Balaban J connectivity index is 1.82. The van der Waals surface area contributed by atoms with Crippen molar-refractivity contribution in [3.8, 4) is 0 Å². The van der Waals surface area contributed by atoms with Gasteiger partial charge in [-0.15, -0.1) is 11.3 Å². The molecule has 0 amide bonds. The Morgan fingerprint density at radius 3 is 2.44 bits per heavy atom. The van der Waals surface area contributed by atoms with Gasteiger partial charge in [0.2, 0.25) is 9.84 Å². The highest BCUT2D eigenvalue weighted by molar-refractivity contribution is 7.92. The summed E-state index contributed by atoms with van der Waals surface area (Å²) in [5.74, 6) is -0.0265. The molecule has 0 saturated heterocycles. The van der Waals surface area contributed by atoms with E-state index in [1.807, 2.05) is 49.6 Å². The fourth-order valence-electron chi connectivity index (χ4n) is 3.48. The Bertz CT molecular complexity index is 1620. The molecule has 5 aromatic rings. The minimum absolute atomic E-state index is 0.0265. The van der Waals surface area contributed by atoms with E-state index in [4.69, 9.17) is 5.73 Å². The maximum atomic E-state index is 13.7. The van der Waals surface area contributed by atoms with Crippen LogP contribution in [0.2, 0.25) is 0 Å². The number of hydrogen-bond donors (Lipinski definition) is 1. The highest BCUT2D eigenvalue weighted by atomic mass is 32.2. The molecule has 0 aliphatic heterocycles. The van der Waals surface area contributed by atoms with Gasteiger partial charge in [0.05, 0.1) is 22.1 Å². The van der Waals surface area contributed by atoms with E-state index in [0.29, 0.717) is 11.0 Å². The maximum Gasteiger partial charge on any atom is 0.212 e.